The number of hydrogen-bond acceptors (Lipinski definition) is 0. The average molecular weight is 92.1 g/mol. The Morgan fingerprint density at radius 3 is 1.86 bits per heavy atom. The second-order valence-corrected chi connectivity index (χ2v) is 1.37. The summed E-state index contributed by atoms with van der Waals surface area (Å²) >= 11 is 0. The van der Waals surface area contributed by atoms with Crippen LogP contribution in [0.1, 0.15) is 0 Å². The van der Waals surface area contributed by atoms with Crippen molar-refractivity contribution in [3.05, 3.63) is 30.3 Å². The molecular weight excluding hydrogens is 86.1 g/mol. The molecule has 0 fully saturated rings. The molecular formula is C6H6N. The molecule has 1 nitrogen and oxygen atoms in total. The van der Waals surface area contributed by atoms with Crippen molar-refractivity contribution < 1.29 is 0 Å². The first-order chi connectivity index (χ1) is 3.39. The highest BCUT2D eigenvalue weighted by Crippen LogP contribution is 1.98. The normalized spacial score (nSPS) is 8.57. The molecule has 1 aromatic rings. The van der Waals surface area contributed by atoms with E-state index in [1.165, 1.54) is 0 Å². The second-order valence-electron chi connectivity index (χ2n) is 1.37. The molecule has 0 atom stereocenters. The molecule has 0 aliphatic heterocycles. The largest absolute Gasteiger partial charge is 0.301 e. The summed E-state index contributed by atoms with van der Waals surface area (Å²) in [6.07, 6.45) is 0. The fraction of sp³-hybridized carbons (Fsp3) is 0. The minimum absolute atomic E-state index is 0.572. The molecule has 0 heterocycles. The van der Waals surface area contributed by atoms with E-state index in [9.17, 15) is 0 Å². The summed E-state index contributed by atoms with van der Waals surface area (Å²) < 4.78 is 0. The first-order valence-corrected chi connectivity index (χ1v) is 2.16. The van der Waals surface area contributed by atoms with Gasteiger partial charge in [0.1, 0.15) is 0 Å². The molecule has 0 saturated heterocycles. The van der Waals surface area contributed by atoms with Crippen LogP contribution in [-0.4, -0.2) is 0 Å². The zero-order valence-corrected chi connectivity index (χ0v) is 3.89. The first-order valence-electron chi connectivity index (χ1n) is 2.16. The van der Waals surface area contributed by atoms with Gasteiger partial charge >= 0.3 is 0 Å². The summed E-state index contributed by atoms with van der Waals surface area (Å²) in [5.41, 5.74) is 7.57. The van der Waals surface area contributed by atoms with Crippen molar-refractivity contribution >= 4 is 5.69 Å². The van der Waals surface area contributed by atoms with E-state index in [1.807, 2.05) is 18.2 Å². The molecule has 1 N–H and O–H groups in total. The highest BCUT2D eigenvalue weighted by atomic mass is 14.5. The van der Waals surface area contributed by atoms with E-state index in [4.69, 9.17) is 5.73 Å². The van der Waals surface area contributed by atoms with Crippen molar-refractivity contribution in [3.63, 3.8) is 0 Å². The van der Waals surface area contributed by atoms with Crippen molar-refractivity contribution in [2.75, 3.05) is 0 Å². The Morgan fingerprint density at radius 2 is 1.57 bits per heavy atom. The molecule has 1 radical (unpaired) electrons. The van der Waals surface area contributed by atoms with Crippen molar-refractivity contribution in [2.24, 2.45) is 0 Å². The predicted molar refractivity (Wildman–Crippen MR) is 29.2 cm³/mol. The minimum atomic E-state index is 0.572. The SMILES string of the molecule is [NH]c1ccccc1. The maximum absolute atomic E-state index is 7.00. The Hall–Kier alpha value is -0.980. The van der Waals surface area contributed by atoms with E-state index in [0.717, 1.165) is 0 Å². The molecule has 0 spiro atoms. The summed E-state index contributed by atoms with van der Waals surface area (Å²) in [4.78, 5) is 0. The number of benzene rings is 1. The summed E-state index contributed by atoms with van der Waals surface area (Å²) in [6, 6.07) is 9.10. The van der Waals surface area contributed by atoms with Gasteiger partial charge in [-0.25, -0.2) is 0 Å². The Morgan fingerprint density at radius 1 is 1.00 bits per heavy atom. The lowest BCUT2D eigenvalue weighted by Gasteiger charge is -1.81. The van der Waals surface area contributed by atoms with Crippen LogP contribution in [0, 0.1) is 0 Å². The van der Waals surface area contributed by atoms with E-state index >= 15 is 0 Å². The summed E-state index contributed by atoms with van der Waals surface area (Å²) in [6.45, 7) is 0. The van der Waals surface area contributed by atoms with Crippen LogP contribution in [0.25, 0.3) is 0 Å². The highest BCUT2D eigenvalue weighted by molar-refractivity contribution is 5.31. The van der Waals surface area contributed by atoms with Crippen LogP contribution >= 0.6 is 0 Å². The molecule has 1 aromatic carbocycles. The molecule has 0 saturated carbocycles. The summed E-state index contributed by atoms with van der Waals surface area (Å²) in [7, 11) is 0. The topological polar surface area (TPSA) is 23.8 Å². The zero-order valence-electron chi connectivity index (χ0n) is 3.89. The molecule has 1 heteroatoms. The zero-order chi connectivity index (χ0) is 5.11. The maximum Gasteiger partial charge on any atom is 0.0539 e. The number of rotatable bonds is 0. The molecule has 35 valence electrons. The van der Waals surface area contributed by atoms with Gasteiger partial charge in [0, 0.05) is 0 Å². The van der Waals surface area contributed by atoms with Gasteiger partial charge in [0.05, 0.1) is 5.69 Å². The third kappa shape index (κ3) is 0.929. The standard InChI is InChI=1S/C6H6N/c7-6-4-2-1-3-5-6/h1-5,7H. The van der Waals surface area contributed by atoms with Crippen LogP contribution in [0.3, 0.4) is 0 Å². The van der Waals surface area contributed by atoms with E-state index in [1.54, 1.807) is 12.1 Å². The molecule has 1 rings (SSSR count). The van der Waals surface area contributed by atoms with Crippen LogP contribution in [0.2, 0.25) is 0 Å². The van der Waals surface area contributed by atoms with E-state index in [-0.39, 0.29) is 0 Å². The fourth-order valence-corrected chi connectivity index (χ4v) is 0.438. The number of nitrogens with one attached hydrogen (secondary N) is 1. The minimum Gasteiger partial charge on any atom is -0.301 e. The monoisotopic (exact) mass is 92.1 g/mol. The molecule has 0 aromatic heterocycles. The van der Waals surface area contributed by atoms with E-state index < -0.39 is 0 Å². The maximum atomic E-state index is 7.00. The quantitative estimate of drug-likeness (QED) is 0.464. The Balaban J connectivity index is 3.02. The van der Waals surface area contributed by atoms with Gasteiger partial charge in [-0.05, 0) is 12.1 Å². The fourth-order valence-electron chi connectivity index (χ4n) is 0.438. The molecule has 0 aliphatic rings. The van der Waals surface area contributed by atoms with Gasteiger partial charge in [-0.15, -0.1) is 0 Å². The smallest absolute Gasteiger partial charge is 0.0539 e. The summed E-state index contributed by atoms with van der Waals surface area (Å²) in [5, 5.41) is 0. The van der Waals surface area contributed by atoms with Crippen molar-refractivity contribution in [2.45, 2.75) is 0 Å². The Labute approximate surface area is 42.8 Å². The van der Waals surface area contributed by atoms with Gasteiger partial charge in [0.2, 0.25) is 0 Å². The van der Waals surface area contributed by atoms with Gasteiger partial charge in [-0.3, -0.25) is 0 Å². The molecule has 0 amide bonds. The summed E-state index contributed by atoms with van der Waals surface area (Å²) in [5.74, 6) is 0. The van der Waals surface area contributed by atoms with Gasteiger partial charge < -0.3 is 5.73 Å². The van der Waals surface area contributed by atoms with Crippen molar-refractivity contribution in [3.8, 4) is 0 Å². The van der Waals surface area contributed by atoms with Crippen LogP contribution in [-0.2, 0) is 0 Å². The second kappa shape index (κ2) is 1.65. The predicted octanol–water partition coefficient (Wildman–Crippen LogP) is 1.60. The van der Waals surface area contributed by atoms with Crippen LogP contribution < -0.4 is 5.73 Å². The lowest BCUT2D eigenvalue weighted by Crippen LogP contribution is -1.61. The molecule has 0 aliphatic carbocycles. The van der Waals surface area contributed by atoms with Crippen LogP contribution in [0.4, 0.5) is 5.69 Å². The van der Waals surface area contributed by atoms with Crippen LogP contribution in [0.5, 0.6) is 0 Å². The Bertz CT molecular complexity index is 134. The van der Waals surface area contributed by atoms with Gasteiger partial charge in [0.25, 0.3) is 0 Å². The van der Waals surface area contributed by atoms with Gasteiger partial charge in [-0.2, -0.15) is 0 Å². The average Bonchev–Trinajstić information content (AvgIpc) is 1.69. The van der Waals surface area contributed by atoms with Gasteiger partial charge in [-0.1, -0.05) is 18.2 Å². The van der Waals surface area contributed by atoms with Crippen molar-refractivity contribution in [1.82, 2.24) is 5.73 Å². The lowest BCUT2D eigenvalue weighted by molar-refractivity contribution is 1.49. The van der Waals surface area contributed by atoms with E-state index in [0.29, 0.717) is 5.69 Å². The highest BCUT2D eigenvalue weighted by Gasteiger charge is 1.73. The van der Waals surface area contributed by atoms with E-state index in [2.05, 4.69) is 0 Å². The van der Waals surface area contributed by atoms with Gasteiger partial charge in [0.15, 0.2) is 0 Å². The third-order valence-electron chi connectivity index (χ3n) is 0.774. The first kappa shape index (κ1) is 4.19. The molecule has 0 unspecified atom stereocenters. The Kier molecular flexibility index (Phi) is 0.984. The third-order valence-corrected chi connectivity index (χ3v) is 0.774. The molecule has 0 bridgehead atoms. The number of hydrogen-bond donors (Lipinski definition) is 0. The lowest BCUT2D eigenvalue weighted by atomic mass is 10.3. The van der Waals surface area contributed by atoms with Crippen molar-refractivity contribution in [1.29, 1.82) is 0 Å². The molecule has 7 heavy (non-hydrogen) atoms. The van der Waals surface area contributed by atoms with Crippen LogP contribution in [0.15, 0.2) is 30.3 Å².